The molecular weight excluding hydrogens is 338 g/mol. The smallest absolute Gasteiger partial charge is 0.0319 e. The summed E-state index contributed by atoms with van der Waals surface area (Å²) in [5, 5.41) is 7.00. The van der Waals surface area contributed by atoms with E-state index < -0.39 is 0 Å². The Kier molecular flexibility index (Phi) is 8.83. The highest BCUT2D eigenvalue weighted by Gasteiger charge is 2.20. The van der Waals surface area contributed by atoms with Crippen molar-refractivity contribution in [3.63, 3.8) is 0 Å². The number of hydrogen-bond donors (Lipinski definition) is 2. The summed E-state index contributed by atoms with van der Waals surface area (Å²) in [6.07, 6.45) is 10.0. The van der Waals surface area contributed by atoms with Crippen molar-refractivity contribution < 1.29 is 5.11 Å². The van der Waals surface area contributed by atoms with Crippen molar-refractivity contribution in [1.29, 1.82) is 0 Å². The largest absolute Gasteiger partial charge is 0.400 e. The van der Waals surface area contributed by atoms with Gasteiger partial charge in [-0.25, -0.2) is 0 Å². The third-order valence-corrected chi connectivity index (χ3v) is 6.58. The molecule has 2 nitrogen and oxygen atoms in total. The van der Waals surface area contributed by atoms with Gasteiger partial charge >= 0.3 is 0 Å². The van der Waals surface area contributed by atoms with Gasteiger partial charge in [0.25, 0.3) is 0 Å². The number of thiophene rings is 1. The molecule has 3 N–H and O–H groups in total. The lowest BCUT2D eigenvalue weighted by molar-refractivity contribution is 0.399. The zero-order valence-electron chi connectivity index (χ0n) is 16.7. The highest BCUT2D eigenvalue weighted by atomic mass is 32.1. The molecule has 0 radical (unpaired) electrons. The number of unbranched alkanes of at least 4 members (excludes halogenated alkanes) is 2. The van der Waals surface area contributed by atoms with Gasteiger partial charge in [0, 0.05) is 16.9 Å². The summed E-state index contributed by atoms with van der Waals surface area (Å²) >= 11 is 2.05. The highest BCUT2D eigenvalue weighted by Crippen LogP contribution is 2.40. The lowest BCUT2D eigenvalue weighted by Crippen LogP contribution is -2.13. The lowest BCUT2D eigenvalue weighted by Gasteiger charge is -2.20. The van der Waals surface area contributed by atoms with Crippen LogP contribution in [0.3, 0.4) is 0 Å². The molecule has 1 heterocycles. The third-order valence-electron chi connectivity index (χ3n) is 5.32. The zero-order chi connectivity index (χ0) is 18.9. The molecule has 1 atom stereocenters. The molecule has 3 rings (SSSR count). The number of nitrogens with two attached hydrogens (primary N) is 1. The van der Waals surface area contributed by atoms with Gasteiger partial charge in [0.05, 0.1) is 0 Å². The summed E-state index contributed by atoms with van der Waals surface area (Å²) in [6, 6.07) is 9.61. The maximum atomic E-state index is 7.00. The van der Waals surface area contributed by atoms with Crippen LogP contribution in [0.4, 0.5) is 0 Å². The summed E-state index contributed by atoms with van der Waals surface area (Å²) < 4.78 is 0. The molecule has 144 valence electrons. The number of rotatable bonds is 8. The molecule has 0 saturated carbocycles. The van der Waals surface area contributed by atoms with E-state index in [4.69, 9.17) is 10.8 Å². The number of benzene rings is 1. The molecule has 0 spiro atoms. The van der Waals surface area contributed by atoms with Crippen LogP contribution in [0, 0.1) is 0 Å². The van der Waals surface area contributed by atoms with E-state index in [0.717, 1.165) is 13.7 Å². The van der Waals surface area contributed by atoms with Gasteiger partial charge in [0.2, 0.25) is 0 Å². The second-order valence-corrected chi connectivity index (χ2v) is 8.37. The molecule has 2 aromatic rings. The minimum atomic E-state index is 0.522. The average molecular weight is 374 g/mol. The maximum absolute atomic E-state index is 7.00. The van der Waals surface area contributed by atoms with Crippen LogP contribution in [0.5, 0.6) is 0 Å². The first-order valence-corrected chi connectivity index (χ1v) is 11.0. The molecule has 0 saturated heterocycles. The Morgan fingerprint density at radius 1 is 1.04 bits per heavy atom. The van der Waals surface area contributed by atoms with Crippen LogP contribution in [0.2, 0.25) is 0 Å². The summed E-state index contributed by atoms with van der Waals surface area (Å²) in [6.45, 7) is 5.29. The van der Waals surface area contributed by atoms with Gasteiger partial charge in [-0.3, -0.25) is 0 Å². The van der Waals surface area contributed by atoms with Gasteiger partial charge in [0.1, 0.15) is 0 Å². The standard InChI is InChI=1S/C22H31NS.CH4O/c1-3-5-6-8-19-14-21-20-11-9-16(18(15-23)7-4-2)13-17(20)10-12-22(21)24-19;1-2/h9,11,13-14,18H,3-8,10,12,15,23H2,1-2H3;2H,1H3. The molecule has 3 heteroatoms. The molecule has 1 aliphatic carbocycles. The molecule has 1 aliphatic rings. The molecule has 1 aromatic carbocycles. The Balaban J connectivity index is 0.00000117. The summed E-state index contributed by atoms with van der Waals surface area (Å²) in [5.74, 6) is 0.522. The van der Waals surface area contributed by atoms with E-state index in [1.54, 1.807) is 9.75 Å². The van der Waals surface area contributed by atoms with E-state index in [2.05, 4.69) is 49.4 Å². The van der Waals surface area contributed by atoms with E-state index in [1.807, 2.05) is 0 Å². The van der Waals surface area contributed by atoms with Crippen LogP contribution in [0.1, 0.15) is 72.8 Å². The van der Waals surface area contributed by atoms with E-state index in [1.165, 1.54) is 73.6 Å². The molecule has 0 bridgehead atoms. The van der Waals surface area contributed by atoms with Crippen LogP contribution in [0.25, 0.3) is 11.1 Å². The zero-order valence-corrected chi connectivity index (χ0v) is 17.5. The first kappa shape index (κ1) is 21.1. The van der Waals surface area contributed by atoms with Crippen LogP contribution < -0.4 is 5.73 Å². The second kappa shape index (κ2) is 10.9. The molecular formula is C23H35NOS. The number of aliphatic hydroxyl groups is 1. The first-order chi connectivity index (χ1) is 12.8. The van der Waals surface area contributed by atoms with E-state index in [0.29, 0.717) is 5.92 Å². The van der Waals surface area contributed by atoms with Gasteiger partial charge in [-0.15, -0.1) is 11.3 Å². The molecule has 26 heavy (non-hydrogen) atoms. The van der Waals surface area contributed by atoms with Crippen molar-refractivity contribution in [1.82, 2.24) is 0 Å². The fourth-order valence-electron chi connectivity index (χ4n) is 3.92. The van der Waals surface area contributed by atoms with E-state index in [9.17, 15) is 0 Å². The van der Waals surface area contributed by atoms with Crippen molar-refractivity contribution in [3.05, 3.63) is 45.1 Å². The predicted octanol–water partition coefficient (Wildman–Crippen LogP) is 5.70. The molecule has 1 aromatic heterocycles. The van der Waals surface area contributed by atoms with Gasteiger partial charge in [-0.2, -0.15) is 0 Å². The minimum Gasteiger partial charge on any atom is -0.400 e. The maximum Gasteiger partial charge on any atom is 0.0319 e. The Morgan fingerprint density at radius 2 is 1.85 bits per heavy atom. The van der Waals surface area contributed by atoms with Crippen molar-refractivity contribution in [2.24, 2.45) is 5.73 Å². The number of fused-ring (bicyclic) bond motifs is 3. The van der Waals surface area contributed by atoms with Gasteiger partial charge in [-0.05, 0) is 72.9 Å². The van der Waals surface area contributed by atoms with Crippen LogP contribution in [-0.4, -0.2) is 18.8 Å². The van der Waals surface area contributed by atoms with E-state index in [-0.39, 0.29) is 0 Å². The first-order valence-electron chi connectivity index (χ1n) is 10.2. The topological polar surface area (TPSA) is 46.2 Å². The highest BCUT2D eigenvalue weighted by molar-refractivity contribution is 7.12. The van der Waals surface area contributed by atoms with E-state index >= 15 is 0 Å². The van der Waals surface area contributed by atoms with Crippen LogP contribution in [0.15, 0.2) is 24.3 Å². The average Bonchev–Trinajstić information content (AvgIpc) is 3.11. The van der Waals surface area contributed by atoms with Gasteiger partial charge < -0.3 is 10.8 Å². The van der Waals surface area contributed by atoms with Gasteiger partial charge in [0.15, 0.2) is 0 Å². The molecule has 0 fully saturated rings. The third kappa shape index (κ3) is 4.97. The monoisotopic (exact) mass is 373 g/mol. The summed E-state index contributed by atoms with van der Waals surface area (Å²) in [5.41, 5.74) is 12.0. The minimum absolute atomic E-state index is 0.522. The van der Waals surface area contributed by atoms with Crippen molar-refractivity contribution in [2.45, 2.75) is 71.1 Å². The number of aliphatic hydroxyl groups excluding tert-OH is 1. The SMILES string of the molecule is CCCCCc1cc2c(s1)CCc1cc(C(CN)CCC)ccc1-2.CO. The lowest BCUT2D eigenvalue weighted by atomic mass is 9.85. The van der Waals surface area contributed by atoms with Crippen molar-refractivity contribution in [2.75, 3.05) is 13.7 Å². The molecule has 0 amide bonds. The predicted molar refractivity (Wildman–Crippen MR) is 115 cm³/mol. The Labute approximate surface area is 163 Å². The fourth-order valence-corrected chi connectivity index (χ4v) is 5.15. The summed E-state index contributed by atoms with van der Waals surface area (Å²) in [7, 11) is 1.00. The Hall–Kier alpha value is -1.16. The van der Waals surface area contributed by atoms with Crippen LogP contribution >= 0.6 is 11.3 Å². The van der Waals surface area contributed by atoms with Crippen molar-refractivity contribution >= 4 is 11.3 Å². The second-order valence-electron chi connectivity index (χ2n) is 7.14. The quantitative estimate of drug-likeness (QED) is 0.583. The normalized spacial score (nSPS) is 13.4. The number of hydrogen-bond acceptors (Lipinski definition) is 3. The fraction of sp³-hybridized carbons (Fsp3) is 0.565. The Morgan fingerprint density at radius 3 is 2.54 bits per heavy atom. The van der Waals surface area contributed by atoms with Crippen LogP contribution in [-0.2, 0) is 19.3 Å². The van der Waals surface area contributed by atoms with Gasteiger partial charge in [-0.1, -0.05) is 51.3 Å². The summed E-state index contributed by atoms with van der Waals surface area (Å²) in [4.78, 5) is 3.18. The Bertz CT molecular complexity index is 677. The van der Waals surface area contributed by atoms with Crippen molar-refractivity contribution in [3.8, 4) is 11.1 Å². The molecule has 0 aliphatic heterocycles. The number of aryl methyl sites for hydroxylation is 3. The molecule has 1 unspecified atom stereocenters.